The topological polar surface area (TPSA) is 84.2 Å². The summed E-state index contributed by atoms with van der Waals surface area (Å²) in [6, 6.07) is 4.95. The smallest absolute Gasteiger partial charge is 0.326 e. The van der Waals surface area contributed by atoms with E-state index in [9.17, 15) is 14.0 Å². The van der Waals surface area contributed by atoms with Crippen LogP contribution in [0.4, 0.5) is 4.39 Å². The Bertz CT molecular complexity index is 811. The van der Waals surface area contributed by atoms with E-state index in [-0.39, 0.29) is 17.2 Å². The molecule has 1 aromatic carbocycles. The van der Waals surface area contributed by atoms with Crippen molar-refractivity contribution in [3.05, 3.63) is 47.0 Å². The lowest BCUT2D eigenvalue weighted by molar-refractivity contribution is -0.139. The summed E-state index contributed by atoms with van der Waals surface area (Å²) in [7, 11) is 0. The van der Waals surface area contributed by atoms with Crippen LogP contribution in [0.2, 0.25) is 0 Å². The fraction of sp³-hybridized carbons (Fsp3) is 0.353. The Kier molecular flexibility index (Phi) is 4.09. The second kappa shape index (κ2) is 6.07. The molecule has 126 valence electrons. The molecule has 2 N–H and O–H groups in total. The lowest BCUT2D eigenvalue weighted by atomic mass is 10.1. The Labute approximate surface area is 138 Å². The van der Waals surface area contributed by atoms with Crippen LogP contribution in [0.3, 0.4) is 0 Å². The number of carbonyl (C=O) groups is 2. The Hall–Kier alpha value is -2.70. The minimum atomic E-state index is -1.06. The van der Waals surface area contributed by atoms with Crippen LogP contribution in [0.5, 0.6) is 0 Å². The first-order valence-electron chi connectivity index (χ1n) is 7.73. The van der Waals surface area contributed by atoms with Crippen molar-refractivity contribution >= 4 is 11.9 Å². The molecule has 1 saturated carbocycles. The third kappa shape index (κ3) is 3.15. The molecule has 1 aromatic heterocycles. The molecule has 1 aliphatic carbocycles. The summed E-state index contributed by atoms with van der Waals surface area (Å²) in [5.74, 6) is -2.28. The fourth-order valence-electron chi connectivity index (χ4n) is 2.73. The molecule has 1 unspecified atom stereocenters. The number of nitrogens with one attached hydrogen (secondary N) is 1. The molecule has 24 heavy (non-hydrogen) atoms. The van der Waals surface area contributed by atoms with Gasteiger partial charge in [-0.2, -0.15) is 5.10 Å². The first kappa shape index (κ1) is 16.2. The molecule has 3 rings (SSSR count). The average Bonchev–Trinajstić information content (AvgIpc) is 3.29. The second-order valence-corrected chi connectivity index (χ2v) is 6.13. The van der Waals surface area contributed by atoms with Gasteiger partial charge in [0.2, 0.25) is 0 Å². The van der Waals surface area contributed by atoms with Gasteiger partial charge in [-0.3, -0.25) is 4.79 Å². The highest BCUT2D eigenvalue weighted by Gasteiger charge is 2.37. The maximum Gasteiger partial charge on any atom is 0.326 e. The minimum absolute atomic E-state index is 0.0368. The summed E-state index contributed by atoms with van der Waals surface area (Å²) in [5.41, 5.74) is 1.88. The van der Waals surface area contributed by atoms with Crippen molar-refractivity contribution in [3.63, 3.8) is 0 Å². The van der Waals surface area contributed by atoms with E-state index in [1.165, 1.54) is 16.8 Å². The van der Waals surface area contributed by atoms with Crippen molar-refractivity contribution in [1.82, 2.24) is 15.1 Å². The van der Waals surface area contributed by atoms with Crippen molar-refractivity contribution < 1.29 is 19.1 Å². The maximum absolute atomic E-state index is 14.4. The number of carboxylic acids is 1. The van der Waals surface area contributed by atoms with Gasteiger partial charge in [0.05, 0.1) is 5.69 Å². The van der Waals surface area contributed by atoms with Gasteiger partial charge in [0, 0.05) is 11.3 Å². The van der Waals surface area contributed by atoms with Crippen LogP contribution in [0, 0.1) is 25.6 Å². The standard InChI is InChI=1S/C17H18FN3O3/c1-9-7-10(2)21(20-9)14-6-5-12(8-13(14)18)16(22)19-15(17(23)24)11-3-4-11/h5-8,11,15H,3-4H2,1-2H3,(H,19,22)(H,23,24). The third-order valence-corrected chi connectivity index (χ3v) is 4.09. The number of aromatic nitrogens is 2. The number of nitrogens with zero attached hydrogens (tertiary/aromatic N) is 2. The predicted molar refractivity (Wildman–Crippen MR) is 84.6 cm³/mol. The quantitative estimate of drug-likeness (QED) is 0.880. The normalized spacial score (nSPS) is 15.1. The molecule has 0 saturated heterocycles. The van der Waals surface area contributed by atoms with Gasteiger partial charge in [0.15, 0.2) is 0 Å². The van der Waals surface area contributed by atoms with Crippen LogP contribution >= 0.6 is 0 Å². The van der Waals surface area contributed by atoms with Gasteiger partial charge in [-0.05, 0) is 56.9 Å². The van der Waals surface area contributed by atoms with E-state index in [1.54, 1.807) is 0 Å². The van der Waals surface area contributed by atoms with Crippen molar-refractivity contribution in [2.24, 2.45) is 5.92 Å². The van der Waals surface area contributed by atoms with Crippen molar-refractivity contribution in [2.75, 3.05) is 0 Å². The Morgan fingerprint density at radius 2 is 2.04 bits per heavy atom. The zero-order valence-corrected chi connectivity index (χ0v) is 13.4. The summed E-state index contributed by atoms with van der Waals surface area (Å²) >= 11 is 0. The molecule has 1 atom stereocenters. The minimum Gasteiger partial charge on any atom is -0.480 e. The molecular weight excluding hydrogens is 313 g/mol. The largest absolute Gasteiger partial charge is 0.480 e. The average molecular weight is 331 g/mol. The van der Waals surface area contributed by atoms with E-state index >= 15 is 0 Å². The SMILES string of the molecule is Cc1cc(C)n(-c2ccc(C(=O)NC(C(=O)O)C3CC3)cc2F)n1. The summed E-state index contributed by atoms with van der Waals surface area (Å²) in [4.78, 5) is 23.4. The van der Waals surface area contributed by atoms with Crippen molar-refractivity contribution in [1.29, 1.82) is 0 Å². The van der Waals surface area contributed by atoms with E-state index in [0.717, 1.165) is 30.3 Å². The van der Waals surface area contributed by atoms with Crippen LogP contribution in [0.15, 0.2) is 24.3 Å². The molecule has 2 aromatic rings. The van der Waals surface area contributed by atoms with Crippen molar-refractivity contribution in [2.45, 2.75) is 32.7 Å². The van der Waals surface area contributed by atoms with Gasteiger partial charge in [-0.15, -0.1) is 0 Å². The van der Waals surface area contributed by atoms with E-state index in [0.29, 0.717) is 0 Å². The number of aryl methyl sites for hydroxylation is 2. The van der Waals surface area contributed by atoms with Gasteiger partial charge in [0.25, 0.3) is 5.91 Å². The van der Waals surface area contributed by atoms with E-state index in [4.69, 9.17) is 5.11 Å². The first-order chi connectivity index (χ1) is 11.4. The number of carbonyl (C=O) groups excluding carboxylic acids is 1. The molecule has 0 bridgehead atoms. The molecule has 0 radical (unpaired) electrons. The van der Waals surface area contributed by atoms with Crippen LogP contribution in [0.1, 0.15) is 34.6 Å². The number of hydrogen-bond acceptors (Lipinski definition) is 3. The zero-order chi connectivity index (χ0) is 17.4. The highest BCUT2D eigenvalue weighted by atomic mass is 19.1. The molecule has 1 heterocycles. The summed E-state index contributed by atoms with van der Waals surface area (Å²) in [6.07, 6.45) is 1.56. The van der Waals surface area contributed by atoms with Crippen LogP contribution in [0.25, 0.3) is 5.69 Å². The highest BCUT2D eigenvalue weighted by molar-refractivity contribution is 5.96. The van der Waals surface area contributed by atoms with Crippen LogP contribution in [-0.2, 0) is 4.79 Å². The summed E-state index contributed by atoms with van der Waals surface area (Å²) in [5, 5.41) is 15.8. The van der Waals surface area contributed by atoms with E-state index in [1.807, 2.05) is 19.9 Å². The van der Waals surface area contributed by atoms with Crippen LogP contribution in [-0.4, -0.2) is 32.8 Å². The van der Waals surface area contributed by atoms with Crippen LogP contribution < -0.4 is 5.32 Å². The van der Waals surface area contributed by atoms with Gasteiger partial charge >= 0.3 is 5.97 Å². The lowest BCUT2D eigenvalue weighted by Gasteiger charge is -2.14. The molecular formula is C17H18FN3O3. The van der Waals surface area contributed by atoms with Gasteiger partial charge in [-0.1, -0.05) is 0 Å². The van der Waals surface area contributed by atoms with Gasteiger partial charge in [-0.25, -0.2) is 13.9 Å². The molecule has 6 nitrogen and oxygen atoms in total. The molecule has 0 aliphatic heterocycles. The summed E-state index contributed by atoms with van der Waals surface area (Å²) in [6.45, 7) is 3.63. The number of aliphatic carboxylic acids is 1. The predicted octanol–water partition coefficient (Wildman–Crippen LogP) is 2.22. The highest BCUT2D eigenvalue weighted by Crippen LogP contribution is 2.33. The fourth-order valence-corrected chi connectivity index (χ4v) is 2.73. The molecule has 1 amide bonds. The number of hydrogen-bond donors (Lipinski definition) is 2. The maximum atomic E-state index is 14.4. The number of carboxylic acid groups (broad SMARTS) is 1. The number of rotatable bonds is 5. The lowest BCUT2D eigenvalue weighted by Crippen LogP contribution is -2.42. The monoisotopic (exact) mass is 331 g/mol. The molecule has 1 aliphatic rings. The number of benzene rings is 1. The van der Waals surface area contributed by atoms with E-state index < -0.39 is 23.7 Å². The number of amides is 1. The van der Waals surface area contributed by atoms with Crippen molar-refractivity contribution in [3.8, 4) is 5.69 Å². The van der Waals surface area contributed by atoms with Gasteiger partial charge in [0.1, 0.15) is 17.5 Å². The first-order valence-corrected chi connectivity index (χ1v) is 7.73. The number of halogens is 1. The summed E-state index contributed by atoms with van der Waals surface area (Å²) < 4.78 is 15.9. The second-order valence-electron chi connectivity index (χ2n) is 6.13. The Balaban J connectivity index is 1.82. The zero-order valence-electron chi connectivity index (χ0n) is 13.4. The van der Waals surface area contributed by atoms with E-state index in [2.05, 4.69) is 10.4 Å². The molecule has 0 spiro atoms. The third-order valence-electron chi connectivity index (χ3n) is 4.09. The Morgan fingerprint density at radius 1 is 1.33 bits per heavy atom. The van der Waals surface area contributed by atoms with Gasteiger partial charge < -0.3 is 10.4 Å². The molecule has 7 heteroatoms. The Morgan fingerprint density at radius 3 is 2.54 bits per heavy atom. The molecule has 1 fully saturated rings.